The summed E-state index contributed by atoms with van der Waals surface area (Å²) >= 11 is 0. The van der Waals surface area contributed by atoms with E-state index in [2.05, 4.69) is 5.10 Å². The van der Waals surface area contributed by atoms with E-state index in [-0.39, 0.29) is 0 Å². The fraction of sp³-hybridized carbons (Fsp3) is 0.500. The molecule has 0 radical (unpaired) electrons. The smallest absolute Gasteiger partial charge is 0.435 e. The molecule has 0 spiro atoms. The summed E-state index contributed by atoms with van der Waals surface area (Å²) in [5, 5.41) is 20.8. The lowest BCUT2D eigenvalue weighted by Crippen LogP contribution is -2.13. The molecule has 1 aromatic rings. The van der Waals surface area contributed by atoms with Crippen molar-refractivity contribution in [2.24, 2.45) is 7.05 Å². The Morgan fingerprint density at radius 2 is 2.19 bits per heavy atom. The maximum absolute atomic E-state index is 12.4. The first-order valence-corrected chi connectivity index (χ1v) is 4.22. The van der Waals surface area contributed by atoms with Gasteiger partial charge in [0.15, 0.2) is 5.69 Å². The van der Waals surface area contributed by atoms with E-state index in [1.54, 1.807) is 0 Å². The Kier molecular flexibility index (Phi) is 3.22. The van der Waals surface area contributed by atoms with Gasteiger partial charge in [0.05, 0.1) is 12.5 Å². The highest BCUT2D eigenvalue weighted by Gasteiger charge is 2.38. The zero-order valence-corrected chi connectivity index (χ0v) is 8.19. The number of carbonyl (C=O) groups is 1. The number of halogens is 3. The molecule has 0 amide bonds. The first kappa shape index (κ1) is 12.5. The summed E-state index contributed by atoms with van der Waals surface area (Å²) in [5.74, 6) is -1.38. The van der Waals surface area contributed by atoms with E-state index in [1.807, 2.05) is 0 Å². The van der Waals surface area contributed by atoms with Gasteiger partial charge in [-0.05, 0) is 0 Å². The van der Waals surface area contributed by atoms with Gasteiger partial charge < -0.3 is 10.2 Å². The van der Waals surface area contributed by atoms with Crippen molar-refractivity contribution >= 4 is 5.97 Å². The topological polar surface area (TPSA) is 75.4 Å². The maximum Gasteiger partial charge on any atom is 0.435 e. The number of aliphatic hydroxyl groups excluding tert-OH is 1. The monoisotopic (exact) mass is 238 g/mol. The molecule has 0 aliphatic heterocycles. The Morgan fingerprint density at radius 1 is 1.62 bits per heavy atom. The average Bonchev–Trinajstić information content (AvgIpc) is 2.45. The summed E-state index contributed by atoms with van der Waals surface area (Å²) in [4.78, 5) is 10.3. The Bertz CT molecular complexity index is 400. The third kappa shape index (κ3) is 2.72. The van der Waals surface area contributed by atoms with Gasteiger partial charge >= 0.3 is 12.1 Å². The van der Waals surface area contributed by atoms with Gasteiger partial charge in [-0.2, -0.15) is 18.3 Å². The fourth-order valence-corrected chi connectivity index (χ4v) is 1.25. The molecule has 8 heteroatoms. The number of carboxylic acids is 1. The normalized spacial score (nSPS) is 13.8. The molecule has 1 atom stereocenters. The minimum absolute atomic E-state index is 0.530. The van der Waals surface area contributed by atoms with E-state index in [9.17, 15) is 23.1 Å². The SMILES string of the molecule is Cn1cc([C@@H](O)CC(=O)O)c(C(F)(F)F)n1. The molecule has 16 heavy (non-hydrogen) atoms. The van der Waals surface area contributed by atoms with Crippen LogP contribution in [-0.4, -0.2) is 26.0 Å². The summed E-state index contributed by atoms with van der Waals surface area (Å²) in [6.45, 7) is 0. The van der Waals surface area contributed by atoms with Crippen LogP contribution in [-0.2, 0) is 18.0 Å². The summed E-state index contributed by atoms with van der Waals surface area (Å²) in [7, 11) is 1.26. The van der Waals surface area contributed by atoms with Crippen molar-refractivity contribution < 1.29 is 28.2 Å². The third-order valence-electron chi connectivity index (χ3n) is 1.85. The van der Waals surface area contributed by atoms with Crippen LogP contribution in [0.4, 0.5) is 13.2 Å². The molecule has 0 aliphatic rings. The number of carboxylic acid groups (broad SMARTS) is 1. The molecule has 2 N–H and O–H groups in total. The Hall–Kier alpha value is -1.57. The second-order valence-corrected chi connectivity index (χ2v) is 3.22. The lowest BCUT2D eigenvalue weighted by atomic mass is 10.1. The number of aromatic nitrogens is 2. The number of nitrogens with zero attached hydrogens (tertiary/aromatic N) is 2. The molecule has 5 nitrogen and oxygen atoms in total. The van der Waals surface area contributed by atoms with E-state index < -0.39 is 35.9 Å². The molecule has 0 fully saturated rings. The largest absolute Gasteiger partial charge is 0.481 e. The molecular formula is C8H9F3N2O3. The quantitative estimate of drug-likeness (QED) is 0.821. The summed E-state index contributed by atoms with van der Waals surface area (Å²) in [5.41, 5.74) is -1.79. The lowest BCUT2D eigenvalue weighted by molar-refractivity contribution is -0.145. The lowest BCUT2D eigenvalue weighted by Gasteiger charge is -2.09. The zero-order chi connectivity index (χ0) is 12.5. The van der Waals surface area contributed by atoms with Gasteiger partial charge in [0, 0.05) is 18.8 Å². The standard InChI is InChI=1S/C8H9F3N2O3/c1-13-3-4(5(14)2-6(15)16)7(12-13)8(9,10)11/h3,5,14H,2H2,1H3,(H,15,16)/t5-/m0/s1. The number of aryl methyl sites for hydroxylation is 1. The van der Waals surface area contributed by atoms with Gasteiger partial charge in [0.2, 0.25) is 0 Å². The van der Waals surface area contributed by atoms with Crippen LogP contribution in [0.2, 0.25) is 0 Å². The maximum atomic E-state index is 12.4. The minimum atomic E-state index is -4.71. The van der Waals surface area contributed by atoms with Crippen molar-refractivity contribution in [1.29, 1.82) is 0 Å². The van der Waals surface area contributed by atoms with Crippen LogP contribution in [0.3, 0.4) is 0 Å². The Balaban J connectivity index is 3.08. The molecule has 0 unspecified atom stereocenters. The molecule has 0 saturated heterocycles. The van der Waals surface area contributed by atoms with E-state index >= 15 is 0 Å². The van der Waals surface area contributed by atoms with Gasteiger partial charge in [-0.15, -0.1) is 0 Å². The number of aliphatic hydroxyl groups is 1. The molecule has 1 heterocycles. The molecule has 1 rings (SSSR count). The Labute approximate surface area is 88.1 Å². The van der Waals surface area contributed by atoms with Crippen molar-refractivity contribution in [2.45, 2.75) is 18.7 Å². The number of rotatable bonds is 3. The van der Waals surface area contributed by atoms with Crippen LogP contribution in [0, 0.1) is 0 Å². The number of alkyl halides is 3. The van der Waals surface area contributed by atoms with Gasteiger partial charge in [-0.3, -0.25) is 9.48 Å². The number of hydrogen-bond acceptors (Lipinski definition) is 3. The van der Waals surface area contributed by atoms with Crippen LogP contribution in [0.15, 0.2) is 6.20 Å². The second-order valence-electron chi connectivity index (χ2n) is 3.22. The fourth-order valence-electron chi connectivity index (χ4n) is 1.25. The van der Waals surface area contributed by atoms with Crippen LogP contribution in [0.25, 0.3) is 0 Å². The minimum Gasteiger partial charge on any atom is -0.481 e. The van der Waals surface area contributed by atoms with Crippen molar-refractivity contribution in [3.63, 3.8) is 0 Å². The predicted octanol–water partition coefficient (Wildman–Crippen LogP) is 0.947. The number of hydrogen-bond donors (Lipinski definition) is 2. The molecule has 90 valence electrons. The molecule has 0 bridgehead atoms. The molecule has 0 saturated carbocycles. The van der Waals surface area contributed by atoms with E-state index in [0.717, 1.165) is 10.9 Å². The van der Waals surface area contributed by atoms with E-state index in [4.69, 9.17) is 5.11 Å². The molecule has 0 aliphatic carbocycles. The van der Waals surface area contributed by atoms with Crippen LogP contribution in [0.1, 0.15) is 23.8 Å². The van der Waals surface area contributed by atoms with Crippen molar-refractivity contribution in [3.05, 3.63) is 17.5 Å². The predicted molar refractivity (Wildman–Crippen MR) is 45.4 cm³/mol. The highest BCUT2D eigenvalue weighted by Crippen LogP contribution is 2.34. The van der Waals surface area contributed by atoms with E-state index in [0.29, 0.717) is 0 Å². The van der Waals surface area contributed by atoms with Crippen molar-refractivity contribution in [2.75, 3.05) is 0 Å². The van der Waals surface area contributed by atoms with Crippen molar-refractivity contribution in [3.8, 4) is 0 Å². The van der Waals surface area contributed by atoms with Gasteiger partial charge in [-0.25, -0.2) is 0 Å². The summed E-state index contributed by atoms with van der Waals surface area (Å²) in [6.07, 6.45) is -6.27. The zero-order valence-electron chi connectivity index (χ0n) is 8.19. The van der Waals surface area contributed by atoms with Gasteiger partial charge in [0.25, 0.3) is 0 Å². The first-order chi connectivity index (χ1) is 7.21. The van der Waals surface area contributed by atoms with Crippen molar-refractivity contribution in [1.82, 2.24) is 9.78 Å². The van der Waals surface area contributed by atoms with Crippen LogP contribution in [0.5, 0.6) is 0 Å². The summed E-state index contributed by atoms with van der Waals surface area (Å²) < 4.78 is 38.2. The highest BCUT2D eigenvalue weighted by atomic mass is 19.4. The summed E-state index contributed by atoms with van der Waals surface area (Å²) in [6, 6.07) is 0. The second kappa shape index (κ2) is 4.12. The van der Waals surface area contributed by atoms with Crippen LogP contribution < -0.4 is 0 Å². The molecule has 1 aromatic heterocycles. The van der Waals surface area contributed by atoms with Gasteiger partial charge in [0.1, 0.15) is 0 Å². The van der Waals surface area contributed by atoms with Gasteiger partial charge in [-0.1, -0.05) is 0 Å². The third-order valence-corrected chi connectivity index (χ3v) is 1.85. The average molecular weight is 238 g/mol. The molecule has 0 aromatic carbocycles. The van der Waals surface area contributed by atoms with Crippen LogP contribution >= 0.6 is 0 Å². The molecular weight excluding hydrogens is 229 g/mol. The number of aliphatic carboxylic acids is 1. The first-order valence-electron chi connectivity index (χ1n) is 4.22. The van der Waals surface area contributed by atoms with E-state index in [1.165, 1.54) is 7.05 Å². The Morgan fingerprint density at radius 3 is 2.62 bits per heavy atom. The highest BCUT2D eigenvalue weighted by molar-refractivity contribution is 5.67.